The van der Waals surface area contributed by atoms with Crippen LogP contribution in [0.1, 0.15) is 22.3 Å². The van der Waals surface area contributed by atoms with Crippen LogP contribution in [0.2, 0.25) is 0 Å². The third-order valence-electron chi connectivity index (χ3n) is 7.75. The lowest BCUT2D eigenvalue weighted by Crippen LogP contribution is -1.98. The molecule has 0 spiro atoms. The maximum absolute atomic E-state index is 14.1. The molecule has 0 radical (unpaired) electrons. The molecule has 7 aromatic rings. The van der Waals surface area contributed by atoms with E-state index in [-0.39, 0.29) is 0 Å². The van der Waals surface area contributed by atoms with Gasteiger partial charge in [0, 0.05) is 22.4 Å². The number of hydrogen-bond acceptors (Lipinski definition) is 4. The molecule has 44 heavy (non-hydrogen) atoms. The molecule has 0 bridgehead atoms. The Morgan fingerprint density at radius 3 is 1.57 bits per heavy atom. The molecule has 0 aliphatic heterocycles. The molecule has 216 valence electrons. The summed E-state index contributed by atoms with van der Waals surface area (Å²) in [6.45, 7) is 4.89. The monoisotopic (exact) mass is 582 g/mol. The first-order valence-corrected chi connectivity index (χ1v) is 14.4. The van der Waals surface area contributed by atoms with Gasteiger partial charge in [0.1, 0.15) is 36.3 Å². The van der Waals surface area contributed by atoms with Crippen molar-refractivity contribution in [3.05, 3.63) is 143 Å². The van der Waals surface area contributed by atoms with Gasteiger partial charge in [0.2, 0.25) is 0 Å². The van der Waals surface area contributed by atoms with Crippen molar-refractivity contribution in [1.82, 2.24) is 9.97 Å². The molecule has 1 heterocycles. The van der Waals surface area contributed by atoms with Crippen molar-refractivity contribution < 1.29 is 18.3 Å². The van der Waals surface area contributed by atoms with Gasteiger partial charge in [-0.3, -0.25) is 4.98 Å². The number of fused-ring (bicyclic) bond motifs is 6. The fourth-order valence-corrected chi connectivity index (χ4v) is 5.44. The molecule has 7 rings (SSSR count). The predicted molar refractivity (Wildman–Crippen MR) is 171 cm³/mol. The Balaban J connectivity index is 1.35. The van der Waals surface area contributed by atoms with E-state index in [1.807, 2.05) is 86.6 Å². The summed E-state index contributed by atoms with van der Waals surface area (Å²) in [5.41, 5.74) is 6.45. The predicted octanol–water partition coefficient (Wildman–Crippen LogP) is 9.66. The minimum atomic E-state index is -0.663. The van der Waals surface area contributed by atoms with Crippen LogP contribution in [-0.4, -0.2) is 9.97 Å². The SMILES string of the molecule is Cc1ccc(OCc2ccc3c(c2)c2cc(COc4ccc(C)cc4)ccc2c2nc(-c4cc(F)cc(F)c4)cnc32)cc1. The van der Waals surface area contributed by atoms with Crippen molar-refractivity contribution in [2.24, 2.45) is 0 Å². The van der Waals surface area contributed by atoms with E-state index < -0.39 is 11.6 Å². The van der Waals surface area contributed by atoms with Crippen LogP contribution in [0.25, 0.3) is 43.8 Å². The van der Waals surface area contributed by atoms with E-state index in [1.54, 1.807) is 6.20 Å². The molecule has 0 aliphatic carbocycles. The van der Waals surface area contributed by atoms with Crippen LogP contribution in [-0.2, 0) is 13.2 Å². The van der Waals surface area contributed by atoms with Crippen LogP contribution in [0.3, 0.4) is 0 Å². The molecule has 1 aromatic heterocycles. The number of aromatic nitrogens is 2. The van der Waals surface area contributed by atoms with Gasteiger partial charge in [-0.25, -0.2) is 13.8 Å². The van der Waals surface area contributed by atoms with Gasteiger partial charge in [-0.1, -0.05) is 59.7 Å². The number of halogens is 2. The first kappa shape index (κ1) is 27.5. The first-order chi connectivity index (χ1) is 21.4. The number of aryl methyl sites for hydroxylation is 2. The van der Waals surface area contributed by atoms with Crippen LogP contribution < -0.4 is 9.47 Å². The Kier molecular flexibility index (Phi) is 7.10. The number of benzene rings is 6. The first-order valence-electron chi connectivity index (χ1n) is 14.4. The van der Waals surface area contributed by atoms with E-state index in [0.717, 1.165) is 50.2 Å². The average molecular weight is 583 g/mol. The number of ether oxygens (including phenoxy) is 2. The summed E-state index contributed by atoms with van der Waals surface area (Å²) in [6.07, 6.45) is 1.57. The van der Waals surface area contributed by atoms with Crippen LogP contribution in [0.4, 0.5) is 8.78 Å². The highest BCUT2D eigenvalue weighted by atomic mass is 19.1. The minimum absolute atomic E-state index is 0.330. The van der Waals surface area contributed by atoms with Gasteiger partial charge in [-0.05, 0) is 84.3 Å². The fourth-order valence-electron chi connectivity index (χ4n) is 5.44. The zero-order valence-electron chi connectivity index (χ0n) is 24.3. The zero-order chi connectivity index (χ0) is 30.2. The molecule has 0 atom stereocenters. The molecule has 0 aliphatic rings. The standard InChI is InChI=1S/C38H28F2N2O2/c1-23-3-9-30(10-4-23)43-21-25-7-13-32-34(15-25)35-16-26(22-44-31-11-5-24(2)6-12-31)8-14-33(35)38-37(32)41-20-36(42-38)27-17-28(39)19-29(40)18-27/h3-20H,21-22H2,1-2H3. The van der Waals surface area contributed by atoms with Gasteiger partial charge < -0.3 is 9.47 Å². The maximum Gasteiger partial charge on any atom is 0.126 e. The van der Waals surface area contributed by atoms with E-state index in [2.05, 4.69) is 12.1 Å². The zero-order valence-corrected chi connectivity index (χ0v) is 24.3. The smallest absolute Gasteiger partial charge is 0.126 e. The topological polar surface area (TPSA) is 44.2 Å². The van der Waals surface area contributed by atoms with Crippen LogP contribution in [0, 0.1) is 25.5 Å². The Bertz CT molecular complexity index is 2140. The van der Waals surface area contributed by atoms with E-state index in [1.165, 1.54) is 23.3 Å². The molecule has 0 fully saturated rings. The molecular weight excluding hydrogens is 554 g/mol. The van der Waals surface area contributed by atoms with Gasteiger partial charge in [0.05, 0.1) is 22.9 Å². The Hall–Kier alpha value is -5.36. The molecule has 0 amide bonds. The van der Waals surface area contributed by atoms with Crippen molar-refractivity contribution >= 4 is 32.6 Å². The Morgan fingerprint density at radius 1 is 0.545 bits per heavy atom. The van der Waals surface area contributed by atoms with Gasteiger partial charge in [-0.15, -0.1) is 0 Å². The second-order valence-corrected chi connectivity index (χ2v) is 11.1. The molecule has 0 saturated heterocycles. The summed E-state index contributed by atoms with van der Waals surface area (Å²) in [5, 5.41) is 3.79. The highest BCUT2D eigenvalue weighted by molar-refractivity contribution is 6.23. The second kappa shape index (κ2) is 11.4. The number of hydrogen-bond donors (Lipinski definition) is 0. The van der Waals surface area contributed by atoms with Crippen LogP contribution in [0.5, 0.6) is 11.5 Å². The van der Waals surface area contributed by atoms with Crippen molar-refractivity contribution in [3.63, 3.8) is 0 Å². The van der Waals surface area contributed by atoms with Crippen molar-refractivity contribution in [2.75, 3.05) is 0 Å². The minimum Gasteiger partial charge on any atom is -0.489 e. The second-order valence-electron chi connectivity index (χ2n) is 11.1. The normalized spacial score (nSPS) is 11.4. The fraction of sp³-hybridized carbons (Fsp3) is 0.105. The van der Waals surface area contributed by atoms with Gasteiger partial charge in [-0.2, -0.15) is 0 Å². The quantitative estimate of drug-likeness (QED) is 0.176. The van der Waals surface area contributed by atoms with E-state index >= 15 is 0 Å². The lowest BCUT2D eigenvalue weighted by molar-refractivity contribution is 0.306. The maximum atomic E-state index is 14.1. The summed E-state index contributed by atoms with van der Waals surface area (Å²) >= 11 is 0. The Morgan fingerprint density at radius 2 is 1.05 bits per heavy atom. The van der Waals surface area contributed by atoms with Crippen molar-refractivity contribution in [2.45, 2.75) is 27.1 Å². The average Bonchev–Trinajstić information content (AvgIpc) is 3.03. The summed E-state index contributed by atoms with van der Waals surface area (Å²) < 4.78 is 40.3. The van der Waals surface area contributed by atoms with E-state index in [4.69, 9.17) is 19.4 Å². The Labute approximate surface area is 253 Å². The van der Waals surface area contributed by atoms with Gasteiger partial charge >= 0.3 is 0 Å². The summed E-state index contributed by atoms with van der Waals surface area (Å²) in [7, 11) is 0. The molecule has 0 unspecified atom stereocenters. The van der Waals surface area contributed by atoms with Crippen molar-refractivity contribution in [3.8, 4) is 22.8 Å². The molecule has 0 saturated carbocycles. The lowest BCUT2D eigenvalue weighted by Gasteiger charge is -2.14. The molecule has 4 nitrogen and oxygen atoms in total. The van der Waals surface area contributed by atoms with Crippen LogP contribution in [0.15, 0.2) is 109 Å². The van der Waals surface area contributed by atoms with Gasteiger partial charge in [0.25, 0.3) is 0 Å². The number of nitrogens with zero attached hydrogens (tertiary/aromatic N) is 2. The van der Waals surface area contributed by atoms with Gasteiger partial charge in [0.15, 0.2) is 0 Å². The highest BCUT2D eigenvalue weighted by Gasteiger charge is 2.15. The molecule has 0 N–H and O–H groups in total. The molecular formula is C38H28F2N2O2. The van der Waals surface area contributed by atoms with E-state index in [9.17, 15) is 8.78 Å². The third-order valence-corrected chi connectivity index (χ3v) is 7.75. The van der Waals surface area contributed by atoms with Crippen molar-refractivity contribution in [1.29, 1.82) is 0 Å². The lowest BCUT2D eigenvalue weighted by atomic mass is 9.96. The molecule has 6 aromatic carbocycles. The molecule has 6 heteroatoms. The summed E-state index contributed by atoms with van der Waals surface area (Å²) in [5.74, 6) is 0.280. The summed E-state index contributed by atoms with van der Waals surface area (Å²) in [6, 6.07) is 31.7. The van der Waals surface area contributed by atoms with Crippen LogP contribution >= 0.6 is 0 Å². The highest BCUT2D eigenvalue weighted by Crippen LogP contribution is 2.36. The third kappa shape index (κ3) is 5.54. The number of rotatable bonds is 7. The largest absolute Gasteiger partial charge is 0.489 e. The van der Waals surface area contributed by atoms with E-state index in [0.29, 0.717) is 35.5 Å². The summed E-state index contributed by atoms with van der Waals surface area (Å²) in [4.78, 5) is 9.66.